The maximum absolute atomic E-state index is 13.9. The Balaban J connectivity index is 1.51. The Morgan fingerprint density at radius 3 is 2.68 bits per heavy atom. The monoisotopic (exact) mass is 457 g/mol. The molecule has 0 bridgehead atoms. The molecule has 1 unspecified atom stereocenters. The molecule has 0 radical (unpaired) electrons. The smallest absolute Gasteiger partial charge is 0.258 e. The van der Waals surface area contributed by atoms with Crippen molar-refractivity contribution < 1.29 is 9.53 Å². The number of nitrogens with zero attached hydrogens (tertiary/aromatic N) is 4. The predicted molar refractivity (Wildman–Crippen MR) is 129 cm³/mol. The number of rotatable bonds is 6. The van der Waals surface area contributed by atoms with Crippen LogP contribution in [0.4, 0.5) is 0 Å². The average Bonchev–Trinajstić information content (AvgIpc) is 3.46. The topological polar surface area (TPSA) is 93.1 Å². The number of H-pyrrole nitrogens is 1. The van der Waals surface area contributed by atoms with Crippen molar-refractivity contribution in [2.75, 3.05) is 13.2 Å². The van der Waals surface area contributed by atoms with E-state index in [1.165, 1.54) is 0 Å². The highest BCUT2D eigenvalue weighted by Crippen LogP contribution is 2.22. The molecule has 1 saturated heterocycles. The van der Waals surface area contributed by atoms with E-state index in [1.54, 1.807) is 21.7 Å². The molecule has 2 aromatic carbocycles. The van der Waals surface area contributed by atoms with Crippen molar-refractivity contribution in [2.45, 2.75) is 39.3 Å². The van der Waals surface area contributed by atoms with Gasteiger partial charge in [-0.15, -0.1) is 0 Å². The number of para-hydroxylation sites is 2. The van der Waals surface area contributed by atoms with E-state index >= 15 is 0 Å². The molecular weight excluding hydrogens is 430 g/mol. The van der Waals surface area contributed by atoms with Gasteiger partial charge in [0.2, 0.25) is 0 Å². The van der Waals surface area contributed by atoms with Gasteiger partial charge in [0.25, 0.3) is 11.5 Å². The molecular formula is C26H27N5O3. The van der Waals surface area contributed by atoms with Gasteiger partial charge in [-0.25, -0.2) is 9.67 Å². The summed E-state index contributed by atoms with van der Waals surface area (Å²) in [6.45, 7) is 5.04. The van der Waals surface area contributed by atoms with Crippen LogP contribution < -0.4 is 5.56 Å². The highest BCUT2D eigenvalue weighted by molar-refractivity contribution is 5.96. The standard InChI is InChI=1S/C26H27N5O3/c1-17-24(18(2)31(29-17)19-9-4-3-5-10-19)26(33)30(15-20-11-8-14-34-20)16-23-27-22-13-7-6-12-21(22)25(32)28-23/h3-7,9-10,12-13,20H,8,11,14-16H2,1-2H3,(H,27,28,32). The number of nitrogens with one attached hydrogen (secondary N) is 1. The van der Waals surface area contributed by atoms with Gasteiger partial charge in [-0.1, -0.05) is 30.3 Å². The number of aromatic nitrogens is 4. The zero-order valence-corrected chi connectivity index (χ0v) is 19.3. The molecule has 0 aliphatic carbocycles. The van der Waals surface area contributed by atoms with Gasteiger partial charge in [0.15, 0.2) is 0 Å². The van der Waals surface area contributed by atoms with Crippen molar-refractivity contribution in [1.29, 1.82) is 0 Å². The third-order valence-electron chi connectivity index (χ3n) is 6.24. The zero-order chi connectivity index (χ0) is 23.7. The second-order valence-corrected chi connectivity index (χ2v) is 8.64. The van der Waals surface area contributed by atoms with E-state index in [9.17, 15) is 9.59 Å². The van der Waals surface area contributed by atoms with Crippen LogP contribution in [0.1, 0.15) is 40.4 Å². The third kappa shape index (κ3) is 4.24. The van der Waals surface area contributed by atoms with Crippen LogP contribution in [0.25, 0.3) is 16.6 Å². The minimum Gasteiger partial charge on any atom is -0.376 e. The zero-order valence-electron chi connectivity index (χ0n) is 19.3. The first-order chi connectivity index (χ1) is 16.5. The van der Waals surface area contributed by atoms with Crippen LogP contribution in [0.5, 0.6) is 0 Å². The largest absolute Gasteiger partial charge is 0.376 e. The summed E-state index contributed by atoms with van der Waals surface area (Å²) >= 11 is 0. The Bertz CT molecular complexity index is 1390. The number of aryl methyl sites for hydroxylation is 1. The quantitative estimate of drug-likeness (QED) is 0.478. The van der Waals surface area contributed by atoms with E-state index in [4.69, 9.17) is 4.74 Å². The van der Waals surface area contributed by atoms with E-state index < -0.39 is 0 Å². The lowest BCUT2D eigenvalue weighted by Crippen LogP contribution is -2.38. The molecule has 4 aromatic rings. The number of ether oxygens (including phenoxy) is 1. The molecule has 34 heavy (non-hydrogen) atoms. The molecule has 1 amide bonds. The van der Waals surface area contributed by atoms with E-state index in [0.717, 1.165) is 24.2 Å². The Morgan fingerprint density at radius 2 is 1.91 bits per heavy atom. The second-order valence-electron chi connectivity index (χ2n) is 8.64. The van der Waals surface area contributed by atoms with Crippen LogP contribution in [0.15, 0.2) is 59.4 Å². The Morgan fingerprint density at radius 1 is 1.15 bits per heavy atom. The minimum atomic E-state index is -0.214. The van der Waals surface area contributed by atoms with Gasteiger partial charge in [0.1, 0.15) is 5.82 Å². The summed E-state index contributed by atoms with van der Waals surface area (Å²) in [4.78, 5) is 35.6. The van der Waals surface area contributed by atoms with E-state index in [-0.39, 0.29) is 24.1 Å². The molecule has 1 aliphatic heterocycles. The number of benzene rings is 2. The SMILES string of the molecule is Cc1nn(-c2ccccc2)c(C)c1C(=O)N(Cc1nc2ccccc2c(=O)[nH]1)CC1CCCO1. The van der Waals surface area contributed by atoms with Crippen LogP contribution in [-0.2, 0) is 11.3 Å². The summed E-state index contributed by atoms with van der Waals surface area (Å²) in [6, 6.07) is 17.0. The summed E-state index contributed by atoms with van der Waals surface area (Å²) in [5.41, 5.74) is 3.28. The van der Waals surface area contributed by atoms with Gasteiger partial charge in [0.05, 0.1) is 46.2 Å². The predicted octanol–water partition coefficient (Wildman–Crippen LogP) is 3.55. The van der Waals surface area contributed by atoms with Crippen LogP contribution in [0.2, 0.25) is 0 Å². The molecule has 0 spiro atoms. The number of carbonyl (C=O) groups is 1. The highest BCUT2D eigenvalue weighted by Gasteiger charge is 2.28. The number of aromatic amines is 1. The fourth-order valence-corrected chi connectivity index (χ4v) is 4.57. The first-order valence-corrected chi connectivity index (χ1v) is 11.5. The number of hydrogen-bond acceptors (Lipinski definition) is 5. The molecule has 8 nitrogen and oxygen atoms in total. The molecule has 1 atom stereocenters. The van der Waals surface area contributed by atoms with Gasteiger partial charge >= 0.3 is 0 Å². The molecule has 174 valence electrons. The van der Waals surface area contributed by atoms with Crippen LogP contribution in [0, 0.1) is 13.8 Å². The van der Waals surface area contributed by atoms with Crippen LogP contribution >= 0.6 is 0 Å². The maximum Gasteiger partial charge on any atom is 0.258 e. The molecule has 1 fully saturated rings. The number of amides is 1. The molecule has 1 N–H and O–H groups in total. The van der Waals surface area contributed by atoms with Crippen LogP contribution in [-0.4, -0.2) is 49.8 Å². The molecule has 1 aliphatic rings. The van der Waals surface area contributed by atoms with Gasteiger partial charge in [-0.05, 0) is 51.0 Å². The van der Waals surface area contributed by atoms with Crippen molar-refractivity contribution in [3.63, 3.8) is 0 Å². The van der Waals surface area contributed by atoms with Gasteiger partial charge in [-0.3, -0.25) is 9.59 Å². The van der Waals surface area contributed by atoms with E-state index in [0.29, 0.717) is 41.1 Å². The molecule has 5 rings (SSSR count). The van der Waals surface area contributed by atoms with E-state index in [2.05, 4.69) is 15.1 Å². The fourth-order valence-electron chi connectivity index (χ4n) is 4.57. The fraction of sp³-hybridized carbons (Fsp3) is 0.308. The molecule has 3 heterocycles. The third-order valence-corrected chi connectivity index (χ3v) is 6.24. The van der Waals surface area contributed by atoms with Gasteiger partial charge < -0.3 is 14.6 Å². The van der Waals surface area contributed by atoms with Crippen LogP contribution in [0.3, 0.4) is 0 Å². The van der Waals surface area contributed by atoms with Crippen molar-refractivity contribution in [2.24, 2.45) is 0 Å². The lowest BCUT2D eigenvalue weighted by atomic mass is 10.1. The minimum absolute atomic E-state index is 0.0408. The summed E-state index contributed by atoms with van der Waals surface area (Å²) in [6.07, 6.45) is 1.83. The first-order valence-electron chi connectivity index (χ1n) is 11.5. The maximum atomic E-state index is 13.9. The number of hydrogen-bond donors (Lipinski definition) is 1. The Hall–Kier alpha value is -3.78. The van der Waals surface area contributed by atoms with E-state index in [1.807, 2.05) is 56.3 Å². The Labute approximate surface area is 197 Å². The molecule has 8 heteroatoms. The van der Waals surface area contributed by atoms with Gasteiger partial charge in [-0.2, -0.15) is 5.10 Å². The highest BCUT2D eigenvalue weighted by atomic mass is 16.5. The first kappa shape index (κ1) is 22.0. The second kappa shape index (κ2) is 9.23. The number of carbonyl (C=O) groups excluding carboxylic acids is 1. The Kier molecular flexibility index (Phi) is 5.98. The van der Waals surface area contributed by atoms with Crippen molar-refractivity contribution >= 4 is 16.8 Å². The van der Waals surface area contributed by atoms with Crippen molar-refractivity contribution in [1.82, 2.24) is 24.6 Å². The number of fused-ring (bicyclic) bond motifs is 1. The van der Waals surface area contributed by atoms with Crippen molar-refractivity contribution in [3.05, 3.63) is 87.7 Å². The molecule has 0 saturated carbocycles. The summed E-state index contributed by atoms with van der Waals surface area (Å²) in [7, 11) is 0. The summed E-state index contributed by atoms with van der Waals surface area (Å²) in [5.74, 6) is 0.296. The van der Waals surface area contributed by atoms with Crippen molar-refractivity contribution in [3.8, 4) is 5.69 Å². The summed E-state index contributed by atoms with van der Waals surface area (Å²) in [5, 5.41) is 5.17. The lowest BCUT2D eigenvalue weighted by molar-refractivity contribution is 0.0500. The molecule has 2 aromatic heterocycles. The lowest BCUT2D eigenvalue weighted by Gasteiger charge is -2.25. The normalized spacial score (nSPS) is 15.6. The average molecular weight is 458 g/mol. The summed E-state index contributed by atoms with van der Waals surface area (Å²) < 4.78 is 7.62. The van der Waals surface area contributed by atoms with Gasteiger partial charge in [0, 0.05) is 13.2 Å².